The average molecular weight is 322 g/mol. The van der Waals surface area contributed by atoms with Gasteiger partial charge in [-0.2, -0.15) is 0 Å². The number of aliphatic hydroxyl groups is 1. The van der Waals surface area contributed by atoms with Crippen molar-refractivity contribution >= 4 is 29.0 Å². The molecular weight excluding hydrogens is 304 g/mol. The van der Waals surface area contributed by atoms with E-state index in [4.69, 9.17) is 0 Å². The molecule has 6 heteroatoms. The lowest BCUT2D eigenvalue weighted by molar-refractivity contribution is -0.119. The smallest absolute Gasteiger partial charge is 0.230 e. The van der Waals surface area contributed by atoms with Crippen LogP contribution in [0.25, 0.3) is 0 Å². The van der Waals surface area contributed by atoms with E-state index in [-0.39, 0.29) is 18.6 Å². The molecule has 2 N–H and O–H groups in total. The van der Waals surface area contributed by atoms with Crippen molar-refractivity contribution in [2.75, 3.05) is 12.4 Å². The fourth-order valence-electron chi connectivity index (χ4n) is 1.88. The highest BCUT2D eigenvalue weighted by Gasteiger charge is 2.13. The molecule has 2 rings (SSSR count). The quantitative estimate of drug-likeness (QED) is 0.822. The first kappa shape index (κ1) is 16.0. The zero-order valence-electron chi connectivity index (χ0n) is 11.8. The minimum atomic E-state index is -0.346. The van der Waals surface area contributed by atoms with Crippen molar-refractivity contribution in [1.82, 2.24) is 10.3 Å². The summed E-state index contributed by atoms with van der Waals surface area (Å²) in [4.78, 5) is 16.3. The van der Waals surface area contributed by atoms with Gasteiger partial charge < -0.3 is 10.4 Å². The van der Waals surface area contributed by atoms with Gasteiger partial charge in [0.1, 0.15) is 0 Å². The number of nitrogens with zero attached hydrogens (tertiary/aromatic N) is 1. The molecule has 1 heterocycles. The molecule has 0 radical (unpaired) electrons. The van der Waals surface area contributed by atoms with Crippen LogP contribution in [0.5, 0.6) is 0 Å². The molecule has 2 aromatic rings. The Balaban J connectivity index is 1.78. The first-order valence-corrected chi connectivity index (χ1v) is 8.66. The minimum absolute atomic E-state index is 0.0742. The Labute approximate surface area is 132 Å². The van der Waals surface area contributed by atoms with Crippen molar-refractivity contribution in [1.29, 1.82) is 0 Å². The largest absolute Gasteiger partial charge is 0.394 e. The third-order valence-corrected chi connectivity index (χ3v) is 4.66. The number of nitrogens with one attached hydrogen (secondary N) is 1. The Morgan fingerprint density at radius 2 is 2.19 bits per heavy atom. The lowest BCUT2D eigenvalue weighted by Gasteiger charge is -2.16. The molecule has 0 aliphatic carbocycles. The minimum Gasteiger partial charge on any atom is -0.394 e. The Kier molecular flexibility index (Phi) is 6.22. The molecule has 21 heavy (non-hydrogen) atoms. The van der Waals surface area contributed by atoms with Crippen molar-refractivity contribution in [3.05, 3.63) is 52.0 Å². The highest BCUT2D eigenvalue weighted by molar-refractivity contribution is 7.99. The van der Waals surface area contributed by atoms with E-state index in [9.17, 15) is 9.90 Å². The number of aliphatic hydroxyl groups excluding tert-OH is 1. The zero-order valence-corrected chi connectivity index (χ0v) is 13.4. The number of carbonyl (C=O) groups excluding carboxylic acids is 1. The highest BCUT2D eigenvalue weighted by Crippen LogP contribution is 2.16. The Bertz CT molecular complexity index is 572. The number of amides is 1. The van der Waals surface area contributed by atoms with Gasteiger partial charge in [0.05, 0.1) is 29.1 Å². The van der Waals surface area contributed by atoms with Crippen LogP contribution in [0, 0.1) is 6.92 Å². The van der Waals surface area contributed by atoms with Crippen molar-refractivity contribution in [3.63, 3.8) is 0 Å². The van der Waals surface area contributed by atoms with Gasteiger partial charge >= 0.3 is 0 Å². The van der Waals surface area contributed by atoms with Crippen LogP contribution in [0.1, 0.15) is 22.3 Å². The van der Waals surface area contributed by atoms with Gasteiger partial charge in [-0.15, -0.1) is 23.1 Å². The van der Waals surface area contributed by atoms with E-state index < -0.39 is 0 Å². The number of rotatable bonds is 7. The zero-order chi connectivity index (χ0) is 15.1. The van der Waals surface area contributed by atoms with Gasteiger partial charge in [0.2, 0.25) is 5.91 Å². The van der Waals surface area contributed by atoms with Crippen LogP contribution in [0.2, 0.25) is 0 Å². The highest BCUT2D eigenvalue weighted by atomic mass is 32.2. The fourth-order valence-corrected chi connectivity index (χ4v) is 3.32. The summed E-state index contributed by atoms with van der Waals surface area (Å²) < 4.78 is 0. The average Bonchev–Trinajstić information content (AvgIpc) is 2.91. The topological polar surface area (TPSA) is 62.2 Å². The summed E-state index contributed by atoms with van der Waals surface area (Å²) >= 11 is 3.14. The van der Waals surface area contributed by atoms with E-state index in [1.165, 1.54) is 11.8 Å². The van der Waals surface area contributed by atoms with Gasteiger partial charge in [0, 0.05) is 11.1 Å². The van der Waals surface area contributed by atoms with Gasteiger partial charge in [0.25, 0.3) is 0 Å². The monoisotopic (exact) mass is 322 g/mol. The molecule has 4 nitrogen and oxygen atoms in total. The summed E-state index contributed by atoms with van der Waals surface area (Å²) in [6.45, 7) is 1.86. The second kappa shape index (κ2) is 8.17. The summed E-state index contributed by atoms with van der Waals surface area (Å²) in [5, 5.41) is 15.3. The summed E-state index contributed by atoms with van der Waals surface area (Å²) in [7, 11) is 0. The molecule has 0 aliphatic rings. The van der Waals surface area contributed by atoms with Crippen molar-refractivity contribution in [2.24, 2.45) is 0 Å². The van der Waals surface area contributed by atoms with E-state index in [0.29, 0.717) is 5.75 Å². The van der Waals surface area contributed by atoms with Crippen molar-refractivity contribution < 1.29 is 9.90 Å². The summed E-state index contributed by atoms with van der Waals surface area (Å²) in [6.07, 6.45) is 0. The predicted molar refractivity (Wildman–Crippen MR) is 87.4 cm³/mol. The number of carbonyl (C=O) groups is 1. The number of benzene rings is 1. The molecule has 0 fully saturated rings. The maximum Gasteiger partial charge on any atom is 0.230 e. The summed E-state index contributed by atoms with van der Waals surface area (Å²) in [5.41, 5.74) is 1.92. The van der Waals surface area contributed by atoms with Gasteiger partial charge in [-0.1, -0.05) is 30.3 Å². The second-order valence-corrected chi connectivity index (χ2v) is 6.61. The number of hydrogen-bond acceptors (Lipinski definition) is 5. The van der Waals surface area contributed by atoms with Gasteiger partial charge in [-0.05, 0) is 12.5 Å². The SMILES string of the molecule is Cc1nc(CSCC(=O)N[C@@H](CO)c2ccccc2)cs1. The van der Waals surface area contributed by atoms with Crippen LogP contribution < -0.4 is 5.32 Å². The molecule has 0 saturated carbocycles. The molecule has 0 aliphatic heterocycles. The van der Waals surface area contributed by atoms with E-state index in [2.05, 4.69) is 10.3 Å². The third-order valence-electron chi connectivity index (χ3n) is 2.87. The molecule has 1 atom stereocenters. The Morgan fingerprint density at radius 3 is 2.81 bits per heavy atom. The Hall–Kier alpha value is -1.37. The number of thiazole rings is 1. The second-order valence-electron chi connectivity index (χ2n) is 4.56. The lowest BCUT2D eigenvalue weighted by Crippen LogP contribution is -2.32. The summed E-state index contributed by atoms with van der Waals surface area (Å²) in [5.74, 6) is 1.02. The van der Waals surface area contributed by atoms with E-state index >= 15 is 0 Å². The molecule has 1 amide bonds. The fraction of sp³-hybridized carbons (Fsp3) is 0.333. The van der Waals surface area contributed by atoms with Crippen molar-refractivity contribution in [3.8, 4) is 0 Å². The summed E-state index contributed by atoms with van der Waals surface area (Å²) in [6, 6.07) is 9.14. The van der Waals surface area contributed by atoms with Gasteiger partial charge in [-0.25, -0.2) is 4.98 Å². The first-order valence-electron chi connectivity index (χ1n) is 6.63. The van der Waals surface area contributed by atoms with Crippen LogP contribution in [0.3, 0.4) is 0 Å². The number of aryl methyl sites for hydroxylation is 1. The van der Waals surface area contributed by atoms with E-state index in [0.717, 1.165) is 22.0 Å². The van der Waals surface area contributed by atoms with E-state index in [1.54, 1.807) is 11.3 Å². The normalized spacial score (nSPS) is 12.1. The molecule has 112 valence electrons. The first-order chi connectivity index (χ1) is 10.2. The predicted octanol–water partition coefficient (Wildman–Crippen LogP) is 2.53. The standard InChI is InChI=1S/C15H18N2O2S2/c1-11-16-13(9-21-11)8-20-10-15(19)17-14(7-18)12-5-3-2-4-6-12/h2-6,9,14,18H,7-8,10H2,1H3,(H,17,19)/t14-/m0/s1. The number of aromatic nitrogens is 1. The van der Waals surface area contributed by atoms with Crippen molar-refractivity contribution in [2.45, 2.75) is 18.7 Å². The molecule has 0 saturated heterocycles. The Morgan fingerprint density at radius 1 is 1.43 bits per heavy atom. The van der Waals surface area contributed by atoms with Gasteiger partial charge in [0.15, 0.2) is 0 Å². The maximum atomic E-state index is 11.9. The molecule has 1 aromatic heterocycles. The number of thioether (sulfide) groups is 1. The molecule has 0 bridgehead atoms. The maximum absolute atomic E-state index is 11.9. The van der Waals surface area contributed by atoms with E-state index in [1.807, 2.05) is 42.6 Å². The lowest BCUT2D eigenvalue weighted by atomic mass is 10.1. The van der Waals surface area contributed by atoms with Crippen LogP contribution in [0.4, 0.5) is 0 Å². The molecular formula is C15H18N2O2S2. The molecule has 1 aromatic carbocycles. The van der Waals surface area contributed by atoms with Crippen LogP contribution >= 0.6 is 23.1 Å². The third kappa shape index (κ3) is 5.15. The van der Waals surface area contributed by atoms with Crippen LogP contribution in [-0.4, -0.2) is 28.4 Å². The molecule has 0 spiro atoms. The van der Waals surface area contributed by atoms with Crippen LogP contribution in [0.15, 0.2) is 35.7 Å². The molecule has 0 unspecified atom stereocenters. The van der Waals surface area contributed by atoms with Crippen LogP contribution in [-0.2, 0) is 10.5 Å². The number of hydrogen-bond donors (Lipinski definition) is 2. The van der Waals surface area contributed by atoms with Gasteiger partial charge in [-0.3, -0.25) is 4.79 Å².